The number of aliphatic hydroxyl groups excluding tert-OH is 1. The van der Waals surface area contributed by atoms with Gasteiger partial charge >= 0.3 is 0 Å². The number of piperidine rings is 1. The van der Waals surface area contributed by atoms with Gasteiger partial charge in [0.2, 0.25) is 0 Å². The molecule has 1 fully saturated rings. The van der Waals surface area contributed by atoms with Gasteiger partial charge in [-0.3, -0.25) is 5.41 Å². The van der Waals surface area contributed by atoms with Crippen LogP contribution in [0.4, 0.5) is 0 Å². The van der Waals surface area contributed by atoms with Crippen LogP contribution >= 0.6 is 0 Å². The highest BCUT2D eigenvalue weighted by molar-refractivity contribution is 6.06. The molecule has 7 nitrogen and oxygen atoms in total. The van der Waals surface area contributed by atoms with E-state index in [2.05, 4.69) is 4.99 Å². The van der Waals surface area contributed by atoms with Gasteiger partial charge in [0.15, 0.2) is 0 Å². The highest BCUT2D eigenvalue weighted by atomic mass is 16.3. The van der Waals surface area contributed by atoms with Crippen molar-refractivity contribution in [3.63, 3.8) is 0 Å². The van der Waals surface area contributed by atoms with Crippen molar-refractivity contribution < 1.29 is 5.11 Å². The lowest BCUT2D eigenvalue weighted by molar-refractivity contribution is 0.205. The number of nitrogens with one attached hydrogen (secondary N) is 2. The summed E-state index contributed by atoms with van der Waals surface area (Å²) in [6.45, 7) is 4.66. The van der Waals surface area contributed by atoms with Crippen LogP contribution in [0.1, 0.15) is 33.1 Å². The average molecular weight is 282 g/mol. The van der Waals surface area contributed by atoms with E-state index in [1.165, 1.54) is 6.92 Å². The molecule has 1 rings (SSSR count). The Bertz CT molecular complexity index is 384. The average Bonchev–Trinajstić information content (AvgIpc) is 2.35. The Balaban J connectivity index is 2.82. The summed E-state index contributed by atoms with van der Waals surface area (Å²) in [4.78, 5) is 5.87. The smallest absolute Gasteiger partial charge is 0.144 e. The van der Waals surface area contributed by atoms with Gasteiger partial charge in [-0.1, -0.05) is 0 Å². The number of rotatable bonds is 5. The normalized spacial score (nSPS) is 20.6. The van der Waals surface area contributed by atoms with E-state index in [4.69, 9.17) is 22.3 Å². The van der Waals surface area contributed by atoms with E-state index in [0.717, 1.165) is 25.9 Å². The number of nitrogens with zero attached hydrogens (tertiary/aromatic N) is 2. The van der Waals surface area contributed by atoms with E-state index in [1.807, 2.05) is 4.90 Å². The van der Waals surface area contributed by atoms with Crippen LogP contribution in [0.3, 0.4) is 0 Å². The second kappa shape index (κ2) is 7.35. The van der Waals surface area contributed by atoms with Gasteiger partial charge in [-0.2, -0.15) is 0 Å². The third-order valence-electron chi connectivity index (χ3n) is 3.41. The third-order valence-corrected chi connectivity index (χ3v) is 3.41. The molecule has 0 saturated carbocycles. The molecule has 0 spiro atoms. The van der Waals surface area contributed by atoms with Crippen molar-refractivity contribution >= 4 is 17.4 Å². The molecule has 7 heteroatoms. The Labute approximate surface area is 120 Å². The maximum absolute atomic E-state index is 9.31. The highest BCUT2D eigenvalue weighted by Crippen LogP contribution is 2.16. The van der Waals surface area contributed by atoms with Crippen LogP contribution in [-0.2, 0) is 0 Å². The molecule has 2 atom stereocenters. The van der Waals surface area contributed by atoms with Crippen LogP contribution in [0.5, 0.6) is 0 Å². The molecule has 2 unspecified atom stereocenters. The molecule has 1 heterocycles. The summed E-state index contributed by atoms with van der Waals surface area (Å²) in [6.07, 6.45) is 1.16. The van der Waals surface area contributed by atoms with Crippen molar-refractivity contribution in [3.8, 4) is 0 Å². The van der Waals surface area contributed by atoms with E-state index in [-0.39, 0.29) is 11.9 Å². The van der Waals surface area contributed by atoms with Crippen LogP contribution in [0, 0.1) is 16.7 Å². The van der Waals surface area contributed by atoms with Crippen molar-refractivity contribution in [1.29, 1.82) is 10.8 Å². The van der Waals surface area contributed by atoms with Crippen molar-refractivity contribution in [3.05, 3.63) is 0 Å². The molecule has 0 bridgehead atoms. The van der Waals surface area contributed by atoms with E-state index in [1.54, 1.807) is 6.92 Å². The fourth-order valence-corrected chi connectivity index (χ4v) is 2.31. The zero-order valence-electron chi connectivity index (χ0n) is 12.3. The Morgan fingerprint density at radius 1 is 1.40 bits per heavy atom. The second-order valence-corrected chi connectivity index (χ2v) is 5.43. The van der Waals surface area contributed by atoms with Crippen LogP contribution in [-0.4, -0.2) is 52.7 Å². The maximum atomic E-state index is 9.31. The van der Waals surface area contributed by atoms with Crippen molar-refractivity contribution in [1.82, 2.24) is 4.90 Å². The molecule has 1 aliphatic rings. The first-order valence-electron chi connectivity index (χ1n) is 6.95. The molecular formula is C13H26N6O. The second-order valence-electron chi connectivity index (χ2n) is 5.43. The molecule has 114 valence electrons. The highest BCUT2D eigenvalue weighted by Gasteiger charge is 2.27. The summed E-state index contributed by atoms with van der Waals surface area (Å²) in [5.41, 5.74) is 12.2. The van der Waals surface area contributed by atoms with E-state index in [9.17, 15) is 5.11 Å². The largest absolute Gasteiger partial charge is 0.387 e. The number of aliphatic imine (C=N–C) groups is 1. The van der Waals surface area contributed by atoms with Gasteiger partial charge in [-0.15, -0.1) is 0 Å². The molecule has 7 N–H and O–H groups in total. The monoisotopic (exact) mass is 282 g/mol. The van der Waals surface area contributed by atoms with Gasteiger partial charge in [0.05, 0.1) is 5.92 Å². The quantitative estimate of drug-likeness (QED) is 0.361. The lowest BCUT2D eigenvalue weighted by Gasteiger charge is -2.35. The molecular weight excluding hydrogens is 256 g/mol. The fourth-order valence-electron chi connectivity index (χ4n) is 2.31. The number of nitrogens with two attached hydrogens (primary N) is 2. The van der Waals surface area contributed by atoms with E-state index < -0.39 is 12.1 Å². The number of aliphatic hydroxyl groups is 1. The molecule has 0 radical (unpaired) electrons. The third kappa shape index (κ3) is 4.90. The van der Waals surface area contributed by atoms with Crippen LogP contribution in [0.25, 0.3) is 0 Å². The molecule has 1 aliphatic heterocycles. The molecule has 20 heavy (non-hydrogen) atoms. The van der Waals surface area contributed by atoms with Crippen LogP contribution in [0.15, 0.2) is 4.99 Å². The Morgan fingerprint density at radius 2 is 1.95 bits per heavy atom. The number of hydrogen-bond acceptors (Lipinski definition) is 5. The molecule has 0 aliphatic carbocycles. The predicted octanol–water partition coefficient (Wildman–Crippen LogP) is 0.128. The summed E-state index contributed by atoms with van der Waals surface area (Å²) in [5.74, 6) is 0.133. The molecule has 0 aromatic carbocycles. The Kier molecular flexibility index (Phi) is 6.09. The van der Waals surface area contributed by atoms with Crippen LogP contribution < -0.4 is 11.5 Å². The standard InChI is InChI=1S/C13H26N6O/c1-8(14)7-11(12(16)18-9(2)20)13(17)19-5-3-10(15)4-6-19/h9-11,14,17,20H,3-7,15H2,1-2H3,(H2,16,18). The predicted molar refractivity (Wildman–Crippen MR) is 81.3 cm³/mol. The zero-order valence-corrected chi connectivity index (χ0v) is 12.3. The molecule has 1 saturated heterocycles. The Morgan fingerprint density at radius 3 is 2.40 bits per heavy atom. The topological polar surface area (TPSA) is 136 Å². The zero-order chi connectivity index (χ0) is 15.3. The van der Waals surface area contributed by atoms with E-state index >= 15 is 0 Å². The van der Waals surface area contributed by atoms with Gasteiger partial charge in [0.1, 0.15) is 17.9 Å². The minimum Gasteiger partial charge on any atom is -0.387 e. The molecule has 0 aromatic heterocycles. The lowest BCUT2D eigenvalue weighted by atomic mass is 9.96. The SMILES string of the molecule is CC(=N)CC(C(=N)N1CCC(N)CC1)C(N)=NC(C)O. The van der Waals surface area contributed by atoms with Crippen molar-refractivity contribution in [2.24, 2.45) is 22.4 Å². The summed E-state index contributed by atoms with van der Waals surface area (Å²) in [6, 6.07) is 0.199. The fraction of sp³-hybridized carbons (Fsp3) is 0.769. The number of hydrogen-bond donors (Lipinski definition) is 5. The van der Waals surface area contributed by atoms with Gasteiger partial charge < -0.3 is 26.9 Å². The first-order chi connectivity index (χ1) is 9.31. The van der Waals surface area contributed by atoms with Gasteiger partial charge in [0.25, 0.3) is 0 Å². The van der Waals surface area contributed by atoms with Gasteiger partial charge in [-0.25, -0.2) is 4.99 Å². The van der Waals surface area contributed by atoms with Gasteiger partial charge in [0, 0.05) is 31.3 Å². The lowest BCUT2D eigenvalue weighted by Crippen LogP contribution is -2.48. The van der Waals surface area contributed by atoms with Crippen molar-refractivity contribution in [2.45, 2.75) is 45.4 Å². The van der Waals surface area contributed by atoms with E-state index in [0.29, 0.717) is 18.0 Å². The first kappa shape index (κ1) is 16.6. The summed E-state index contributed by atoms with van der Waals surface area (Å²) in [5, 5.41) is 25.3. The van der Waals surface area contributed by atoms with Crippen LogP contribution in [0.2, 0.25) is 0 Å². The molecule has 0 aromatic rings. The summed E-state index contributed by atoms with van der Waals surface area (Å²) in [7, 11) is 0. The van der Waals surface area contributed by atoms with Gasteiger partial charge in [-0.05, 0) is 26.7 Å². The van der Waals surface area contributed by atoms with Crippen molar-refractivity contribution in [2.75, 3.05) is 13.1 Å². The minimum absolute atomic E-state index is 0.199. The number of likely N-dealkylation sites (tertiary alicyclic amines) is 1. The molecule has 0 amide bonds. The maximum Gasteiger partial charge on any atom is 0.144 e. The number of amidine groups is 2. The first-order valence-corrected chi connectivity index (χ1v) is 6.95. The Hall–Kier alpha value is -1.47. The summed E-state index contributed by atoms with van der Waals surface area (Å²) < 4.78 is 0. The minimum atomic E-state index is -0.897. The summed E-state index contributed by atoms with van der Waals surface area (Å²) >= 11 is 0.